The van der Waals surface area contributed by atoms with Gasteiger partial charge in [0, 0.05) is 24.2 Å². The van der Waals surface area contributed by atoms with Crippen molar-refractivity contribution in [3.63, 3.8) is 0 Å². The van der Waals surface area contributed by atoms with Crippen LogP contribution in [0.2, 0.25) is 0 Å². The average molecular weight is 218 g/mol. The van der Waals surface area contributed by atoms with Crippen LogP contribution in [0, 0.1) is 0 Å². The van der Waals surface area contributed by atoms with Crippen molar-refractivity contribution in [2.24, 2.45) is 5.73 Å². The van der Waals surface area contributed by atoms with E-state index in [1.165, 1.54) is 0 Å². The quantitative estimate of drug-likeness (QED) is 0.851. The van der Waals surface area contributed by atoms with Crippen molar-refractivity contribution in [2.45, 2.75) is 12.5 Å². The predicted molar refractivity (Wildman–Crippen MR) is 60.1 cm³/mol. The Morgan fingerprint density at radius 2 is 2.38 bits per heavy atom. The van der Waals surface area contributed by atoms with Crippen molar-refractivity contribution in [1.29, 1.82) is 0 Å². The van der Waals surface area contributed by atoms with E-state index in [0.717, 1.165) is 11.3 Å². The minimum Gasteiger partial charge on any atom is -0.495 e. The van der Waals surface area contributed by atoms with E-state index in [4.69, 9.17) is 14.9 Å². The number of rotatable bonds is 4. The second-order valence-corrected chi connectivity index (χ2v) is 3.51. The monoisotopic (exact) mass is 218 g/mol. The summed E-state index contributed by atoms with van der Waals surface area (Å²) in [7, 11) is 1.61. The highest BCUT2D eigenvalue weighted by Gasteiger charge is 2.13. The molecule has 0 bridgehead atoms. The molecule has 0 aliphatic carbocycles. The summed E-state index contributed by atoms with van der Waals surface area (Å²) in [6, 6.07) is 5.48. The fourth-order valence-corrected chi connectivity index (χ4v) is 1.62. The smallest absolute Gasteiger partial charge is 0.141 e. The van der Waals surface area contributed by atoms with E-state index in [1.54, 1.807) is 25.8 Å². The van der Waals surface area contributed by atoms with Gasteiger partial charge < -0.3 is 14.9 Å². The molecule has 0 fully saturated rings. The van der Waals surface area contributed by atoms with Gasteiger partial charge in [-0.25, -0.2) is 0 Å². The van der Waals surface area contributed by atoms with Gasteiger partial charge in [0.05, 0.1) is 19.6 Å². The maximum Gasteiger partial charge on any atom is 0.141 e. The van der Waals surface area contributed by atoms with Gasteiger partial charge >= 0.3 is 0 Å². The first-order chi connectivity index (χ1) is 7.81. The molecule has 2 heterocycles. The van der Waals surface area contributed by atoms with Crippen molar-refractivity contribution < 1.29 is 9.15 Å². The molecule has 0 saturated heterocycles. The van der Waals surface area contributed by atoms with E-state index in [-0.39, 0.29) is 6.04 Å². The van der Waals surface area contributed by atoms with Crippen LogP contribution in [0.1, 0.15) is 17.4 Å². The number of aromatic nitrogens is 1. The first-order valence-corrected chi connectivity index (χ1v) is 5.07. The second-order valence-electron chi connectivity index (χ2n) is 3.51. The van der Waals surface area contributed by atoms with Crippen LogP contribution in [0.3, 0.4) is 0 Å². The summed E-state index contributed by atoms with van der Waals surface area (Å²) in [4.78, 5) is 3.99. The zero-order valence-corrected chi connectivity index (χ0v) is 9.09. The molecule has 2 N–H and O–H groups in total. The molecule has 2 aromatic heterocycles. The summed E-state index contributed by atoms with van der Waals surface area (Å²) in [5.41, 5.74) is 7.03. The molecule has 2 rings (SSSR count). The topological polar surface area (TPSA) is 61.3 Å². The van der Waals surface area contributed by atoms with Gasteiger partial charge in [-0.1, -0.05) is 0 Å². The van der Waals surface area contributed by atoms with E-state index < -0.39 is 0 Å². The van der Waals surface area contributed by atoms with Crippen LogP contribution >= 0.6 is 0 Å². The maximum atomic E-state index is 6.09. The summed E-state index contributed by atoms with van der Waals surface area (Å²) in [6.45, 7) is 0. The van der Waals surface area contributed by atoms with Crippen LogP contribution in [0.4, 0.5) is 0 Å². The number of furan rings is 1. The highest BCUT2D eigenvalue weighted by molar-refractivity contribution is 5.33. The van der Waals surface area contributed by atoms with E-state index >= 15 is 0 Å². The maximum absolute atomic E-state index is 6.09. The van der Waals surface area contributed by atoms with Gasteiger partial charge in [0.2, 0.25) is 0 Å². The minimum absolute atomic E-state index is 0.149. The van der Waals surface area contributed by atoms with Crippen molar-refractivity contribution in [3.05, 3.63) is 48.2 Å². The zero-order valence-electron chi connectivity index (χ0n) is 9.09. The first kappa shape index (κ1) is 10.7. The van der Waals surface area contributed by atoms with Gasteiger partial charge in [0.15, 0.2) is 0 Å². The molecular formula is C12H14N2O2. The van der Waals surface area contributed by atoms with Crippen molar-refractivity contribution in [2.75, 3.05) is 7.11 Å². The van der Waals surface area contributed by atoms with Crippen LogP contribution in [0.5, 0.6) is 5.75 Å². The fourth-order valence-electron chi connectivity index (χ4n) is 1.62. The Kier molecular flexibility index (Phi) is 3.22. The normalized spacial score (nSPS) is 12.4. The van der Waals surface area contributed by atoms with Crippen molar-refractivity contribution in [1.82, 2.24) is 4.98 Å². The van der Waals surface area contributed by atoms with Crippen LogP contribution < -0.4 is 10.5 Å². The lowest BCUT2D eigenvalue weighted by Gasteiger charge is -2.13. The summed E-state index contributed by atoms with van der Waals surface area (Å²) in [6.07, 6.45) is 5.66. The van der Waals surface area contributed by atoms with Crippen LogP contribution in [0.25, 0.3) is 0 Å². The van der Waals surface area contributed by atoms with Gasteiger partial charge in [-0.15, -0.1) is 0 Å². The standard InChI is InChI=1S/C12H14N2O2/c1-15-12-8-14-5-4-10(12)11(13)7-9-3-2-6-16-9/h2-6,8,11H,7,13H2,1H3. The molecule has 0 radical (unpaired) electrons. The number of pyridine rings is 1. The highest BCUT2D eigenvalue weighted by Crippen LogP contribution is 2.24. The minimum atomic E-state index is -0.149. The third-order valence-electron chi connectivity index (χ3n) is 2.44. The number of ether oxygens (including phenoxy) is 1. The Bertz CT molecular complexity index is 440. The molecule has 0 aromatic carbocycles. The molecule has 4 heteroatoms. The van der Waals surface area contributed by atoms with E-state index in [0.29, 0.717) is 12.2 Å². The molecule has 16 heavy (non-hydrogen) atoms. The molecule has 0 amide bonds. The summed E-state index contributed by atoms with van der Waals surface area (Å²) < 4.78 is 10.5. The largest absolute Gasteiger partial charge is 0.495 e. The Labute approximate surface area is 94.1 Å². The third-order valence-corrected chi connectivity index (χ3v) is 2.44. The Hall–Kier alpha value is -1.81. The molecule has 84 valence electrons. The third kappa shape index (κ3) is 2.23. The molecule has 0 aliphatic rings. The van der Waals surface area contributed by atoms with Crippen LogP contribution in [-0.4, -0.2) is 12.1 Å². The van der Waals surface area contributed by atoms with Gasteiger partial charge in [0.25, 0.3) is 0 Å². The van der Waals surface area contributed by atoms with Crippen LogP contribution in [0.15, 0.2) is 41.3 Å². The van der Waals surface area contributed by atoms with Gasteiger partial charge in [-0.3, -0.25) is 4.98 Å². The van der Waals surface area contributed by atoms with Crippen LogP contribution in [-0.2, 0) is 6.42 Å². The summed E-state index contributed by atoms with van der Waals surface area (Å²) >= 11 is 0. The van der Waals surface area contributed by atoms with Crippen molar-refractivity contribution >= 4 is 0 Å². The molecule has 1 unspecified atom stereocenters. The second kappa shape index (κ2) is 4.81. The first-order valence-electron chi connectivity index (χ1n) is 5.07. The Morgan fingerprint density at radius 3 is 3.06 bits per heavy atom. The highest BCUT2D eigenvalue weighted by atomic mass is 16.5. The zero-order chi connectivity index (χ0) is 11.4. The lowest BCUT2D eigenvalue weighted by Crippen LogP contribution is -2.14. The Balaban J connectivity index is 2.17. The lowest BCUT2D eigenvalue weighted by molar-refractivity contribution is 0.401. The Morgan fingerprint density at radius 1 is 1.50 bits per heavy atom. The molecular weight excluding hydrogens is 204 g/mol. The number of nitrogens with two attached hydrogens (primary N) is 1. The molecule has 4 nitrogen and oxygen atoms in total. The van der Waals surface area contributed by atoms with Gasteiger partial charge in [-0.2, -0.15) is 0 Å². The number of hydrogen-bond acceptors (Lipinski definition) is 4. The molecule has 0 saturated carbocycles. The molecule has 1 atom stereocenters. The predicted octanol–water partition coefficient (Wildman–Crippen LogP) is 1.93. The molecule has 2 aromatic rings. The number of methoxy groups -OCH3 is 1. The van der Waals surface area contributed by atoms with Crippen molar-refractivity contribution in [3.8, 4) is 5.75 Å². The molecule has 0 spiro atoms. The van der Waals surface area contributed by atoms with E-state index in [2.05, 4.69) is 4.98 Å². The van der Waals surface area contributed by atoms with Gasteiger partial charge in [0.1, 0.15) is 11.5 Å². The summed E-state index contributed by atoms with van der Waals surface area (Å²) in [5.74, 6) is 1.58. The fraction of sp³-hybridized carbons (Fsp3) is 0.250. The van der Waals surface area contributed by atoms with Gasteiger partial charge in [-0.05, 0) is 18.2 Å². The summed E-state index contributed by atoms with van der Waals surface area (Å²) in [5, 5.41) is 0. The van der Waals surface area contributed by atoms with E-state index in [9.17, 15) is 0 Å². The number of nitrogens with zero attached hydrogens (tertiary/aromatic N) is 1. The average Bonchev–Trinajstić information content (AvgIpc) is 2.81. The SMILES string of the molecule is COc1cnccc1C(N)Cc1ccco1. The van der Waals surface area contributed by atoms with E-state index in [1.807, 2.05) is 18.2 Å². The lowest BCUT2D eigenvalue weighted by atomic mass is 10.0. The number of hydrogen-bond donors (Lipinski definition) is 1. The molecule has 0 aliphatic heterocycles.